The van der Waals surface area contributed by atoms with Crippen LogP contribution in [0.2, 0.25) is 0 Å². The van der Waals surface area contributed by atoms with Gasteiger partial charge in [-0.3, -0.25) is 0 Å². The standard InChI is InChI=1S/C9H13F3N2O3S/c1-13-5-7-3-4-8(17-7)18(15,16)14(2)6-9(10,11)12/h3-4,13H,5-6H2,1-2H3. The van der Waals surface area contributed by atoms with Crippen molar-refractivity contribution in [2.75, 3.05) is 20.6 Å². The number of nitrogens with zero attached hydrogens (tertiary/aromatic N) is 1. The lowest BCUT2D eigenvalue weighted by Gasteiger charge is -2.17. The van der Waals surface area contributed by atoms with Crippen LogP contribution in [-0.4, -0.2) is 39.5 Å². The Morgan fingerprint density at radius 1 is 1.39 bits per heavy atom. The van der Waals surface area contributed by atoms with Gasteiger partial charge >= 0.3 is 6.18 Å². The van der Waals surface area contributed by atoms with Gasteiger partial charge in [0.05, 0.1) is 6.54 Å². The molecule has 0 fully saturated rings. The van der Waals surface area contributed by atoms with E-state index in [1.54, 1.807) is 7.05 Å². The van der Waals surface area contributed by atoms with Gasteiger partial charge in [-0.2, -0.15) is 17.5 Å². The highest BCUT2D eigenvalue weighted by atomic mass is 32.2. The van der Waals surface area contributed by atoms with Crippen molar-refractivity contribution in [3.05, 3.63) is 17.9 Å². The summed E-state index contributed by atoms with van der Waals surface area (Å²) in [6.45, 7) is -1.27. The van der Waals surface area contributed by atoms with E-state index in [-0.39, 0.29) is 4.31 Å². The summed E-state index contributed by atoms with van der Waals surface area (Å²) in [7, 11) is -1.77. The van der Waals surface area contributed by atoms with E-state index in [0.717, 1.165) is 13.1 Å². The number of alkyl halides is 3. The van der Waals surface area contributed by atoms with Crippen LogP contribution in [0.4, 0.5) is 13.2 Å². The van der Waals surface area contributed by atoms with Crippen molar-refractivity contribution in [2.45, 2.75) is 17.8 Å². The first-order chi connectivity index (χ1) is 8.16. The quantitative estimate of drug-likeness (QED) is 0.883. The maximum atomic E-state index is 12.1. The molecule has 0 bridgehead atoms. The van der Waals surface area contributed by atoms with Crippen LogP contribution in [-0.2, 0) is 16.6 Å². The molecule has 0 saturated heterocycles. The monoisotopic (exact) mass is 286 g/mol. The van der Waals surface area contributed by atoms with Crippen LogP contribution in [0.5, 0.6) is 0 Å². The fourth-order valence-electron chi connectivity index (χ4n) is 1.26. The van der Waals surface area contributed by atoms with E-state index >= 15 is 0 Å². The Kier molecular flexibility index (Phi) is 4.41. The summed E-state index contributed by atoms with van der Waals surface area (Å²) < 4.78 is 65.0. The number of hydrogen-bond donors (Lipinski definition) is 1. The Bertz CT molecular complexity index is 495. The van der Waals surface area contributed by atoms with E-state index in [0.29, 0.717) is 12.3 Å². The average molecular weight is 286 g/mol. The number of nitrogens with one attached hydrogen (secondary N) is 1. The van der Waals surface area contributed by atoms with Crippen molar-refractivity contribution in [3.63, 3.8) is 0 Å². The minimum atomic E-state index is -4.60. The van der Waals surface area contributed by atoms with Crippen LogP contribution in [0, 0.1) is 0 Å². The van der Waals surface area contributed by atoms with E-state index in [4.69, 9.17) is 4.42 Å². The zero-order valence-corrected chi connectivity index (χ0v) is 10.6. The van der Waals surface area contributed by atoms with Crippen molar-refractivity contribution < 1.29 is 26.0 Å². The van der Waals surface area contributed by atoms with Crippen LogP contribution < -0.4 is 5.32 Å². The van der Waals surface area contributed by atoms with E-state index in [9.17, 15) is 21.6 Å². The molecule has 0 radical (unpaired) electrons. The van der Waals surface area contributed by atoms with Crippen LogP contribution in [0.15, 0.2) is 21.6 Å². The molecule has 0 amide bonds. The summed E-state index contributed by atoms with van der Waals surface area (Å²) in [5, 5.41) is 2.23. The summed E-state index contributed by atoms with van der Waals surface area (Å²) in [6.07, 6.45) is -4.60. The molecule has 5 nitrogen and oxygen atoms in total. The Balaban J connectivity index is 2.91. The third kappa shape index (κ3) is 3.72. The zero-order chi connectivity index (χ0) is 14.0. The molecule has 0 aliphatic rings. The lowest BCUT2D eigenvalue weighted by atomic mass is 10.4. The maximum absolute atomic E-state index is 12.1. The molecular weight excluding hydrogens is 273 g/mol. The largest absolute Gasteiger partial charge is 0.447 e. The Morgan fingerprint density at radius 2 is 2.00 bits per heavy atom. The molecule has 9 heteroatoms. The second-order valence-electron chi connectivity index (χ2n) is 3.63. The maximum Gasteiger partial charge on any atom is 0.402 e. The lowest BCUT2D eigenvalue weighted by Crippen LogP contribution is -2.35. The molecule has 18 heavy (non-hydrogen) atoms. The Morgan fingerprint density at radius 3 is 2.50 bits per heavy atom. The van der Waals surface area contributed by atoms with E-state index in [1.165, 1.54) is 6.07 Å². The first-order valence-electron chi connectivity index (χ1n) is 4.93. The SMILES string of the molecule is CNCc1ccc(S(=O)(=O)N(C)CC(F)(F)F)o1. The number of hydrogen-bond acceptors (Lipinski definition) is 4. The van der Waals surface area contributed by atoms with Crippen LogP contribution in [0.25, 0.3) is 0 Å². The number of furan rings is 1. The third-order valence-corrected chi connectivity index (χ3v) is 3.73. The summed E-state index contributed by atoms with van der Waals surface area (Å²) >= 11 is 0. The molecular formula is C9H13F3N2O3S. The predicted octanol–water partition coefficient (Wildman–Crippen LogP) is 1.18. The van der Waals surface area contributed by atoms with Crippen molar-refractivity contribution in [2.24, 2.45) is 0 Å². The van der Waals surface area contributed by atoms with Gasteiger partial charge in [-0.05, 0) is 19.2 Å². The highest BCUT2D eigenvalue weighted by Gasteiger charge is 2.36. The predicted molar refractivity (Wildman–Crippen MR) is 57.3 cm³/mol. The molecule has 0 aliphatic carbocycles. The van der Waals surface area contributed by atoms with Gasteiger partial charge in [0, 0.05) is 7.05 Å². The van der Waals surface area contributed by atoms with Crippen LogP contribution in [0.3, 0.4) is 0 Å². The second kappa shape index (κ2) is 5.29. The van der Waals surface area contributed by atoms with Gasteiger partial charge in [0.25, 0.3) is 10.0 Å². The van der Waals surface area contributed by atoms with Crippen LogP contribution >= 0.6 is 0 Å². The van der Waals surface area contributed by atoms with Gasteiger partial charge in [0.15, 0.2) is 0 Å². The normalized spacial score (nSPS) is 13.2. The van der Waals surface area contributed by atoms with Crippen molar-refractivity contribution >= 4 is 10.0 Å². The molecule has 1 N–H and O–H groups in total. The first kappa shape index (κ1) is 15.0. The minimum Gasteiger partial charge on any atom is -0.447 e. The van der Waals surface area contributed by atoms with Crippen molar-refractivity contribution in [1.29, 1.82) is 0 Å². The third-order valence-electron chi connectivity index (χ3n) is 2.05. The summed E-state index contributed by atoms with van der Waals surface area (Å²) in [4.78, 5) is 0. The van der Waals surface area contributed by atoms with E-state index in [2.05, 4.69) is 5.32 Å². The topological polar surface area (TPSA) is 62.6 Å². The second-order valence-corrected chi connectivity index (χ2v) is 5.60. The zero-order valence-electron chi connectivity index (χ0n) is 9.78. The molecule has 0 saturated carbocycles. The number of halogens is 3. The van der Waals surface area contributed by atoms with Gasteiger partial charge < -0.3 is 9.73 Å². The summed E-state index contributed by atoms with van der Waals surface area (Å²) in [6, 6.07) is 2.53. The summed E-state index contributed by atoms with van der Waals surface area (Å²) in [5.74, 6) is 0.330. The van der Waals surface area contributed by atoms with Gasteiger partial charge in [-0.25, -0.2) is 8.42 Å². The Labute approximate surface area is 103 Å². The molecule has 0 aliphatic heterocycles. The van der Waals surface area contributed by atoms with E-state index in [1.807, 2.05) is 0 Å². The van der Waals surface area contributed by atoms with Gasteiger partial charge in [0.1, 0.15) is 12.3 Å². The molecule has 104 valence electrons. The molecule has 0 unspecified atom stereocenters. The molecule has 1 heterocycles. The Hall–Kier alpha value is -1.06. The molecule has 0 atom stereocenters. The summed E-state index contributed by atoms with van der Waals surface area (Å²) in [5.41, 5.74) is 0. The minimum absolute atomic E-state index is 0.203. The fraction of sp³-hybridized carbons (Fsp3) is 0.556. The molecule has 0 spiro atoms. The highest BCUT2D eigenvalue weighted by molar-refractivity contribution is 7.89. The molecule has 0 aromatic carbocycles. The number of rotatable bonds is 5. The number of sulfonamides is 1. The molecule has 1 aromatic rings. The van der Waals surface area contributed by atoms with Gasteiger partial charge in [-0.1, -0.05) is 0 Å². The van der Waals surface area contributed by atoms with Crippen molar-refractivity contribution in [3.8, 4) is 0 Å². The first-order valence-corrected chi connectivity index (χ1v) is 6.37. The van der Waals surface area contributed by atoms with E-state index < -0.39 is 27.8 Å². The smallest absolute Gasteiger partial charge is 0.402 e. The van der Waals surface area contributed by atoms with Crippen molar-refractivity contribution in [1.82, 2.24) is 9.62 Å². The lowest BCUT2D eigenvalue weighted by molar-refractivity contribution is -0.134. The van der Waals surface area contributed by atoms with Gasteiger partial charge in [-0.15, -0.1) is 0 Å². The highest BCUT2D eigenvalue weighted by Crippen LogP contribution is 2.22. The molecule has 1 aromatic heterocycles. The average Bonchev–Trinajstić information content (AvgIpc) is 2.64. The fourth-order valence-corrected chi connectivity index (χ4v) is 2.33. The molecule has 1 rings (SSSR count). The van der Waals surface area contributed by atoms with Gasteiger partial charge in [0.2, 0.25) is 5.09 Å². The van der Waals surface area contributed by atoms with Crippen LogP contribution in [0.1, 0.15) is 5.76 Å².